The number of H-pyrrole nitrogens is 1. The second-order valence-electron chi connectivity index (χ2n) is 6.39. The third-order valence-corrected chi connectivity index (χ3v) is 5.28. The van der Waals surface area contributed by atoms with Crippen molar-refractivity contribution in [1.82, 2.24) is 19.5 Å². The highest BCUT2D eigenvalue weighted by Gasteiger charge is 2.10. The number of halogens is 1. The molecule has 0 spiro atoms. The van der Waals surface area contributed by atoms with Gasteiger partial charge >= 0.3 is 0 Å². The Hall–Kier alpha value is -1.90. The number of hydrogen-bond donors (Lipinski definition) is 2. The van der Waals surface area contributed by atoms with Crippen molar-refractivity contribution in [3.05, 3.63) is 51.6 Å². The number of aryl methyl sites for hydroxylation is 3. The van der Waals surface area contributed by atoms with E-state index in [0.717, 1.165) is 30.2 Å². The maximum Gasteiger partial charge on any atom is 0.278 e. The molecule has 2 heterocycles. The molecule has 7 heteroatoms. The molecular formula is C19H24IN5O. The number of aromatic nitrogens is 4. The van der Waals surface area contributed by atoms with E-state index >= 15 is 0 Å². The van der Waals surface area contributed by atoms with Crippen LogP contribution in [0.3, 0.4) is 0 Å². The van der Waals surface area contributed by atoms with E-state index in [1.54, 1.807) is 6.33 Å². The molecule has 138 valence electrons. The Morgan fingerprint density at radius 1 is 1.31 bits per heavy atom. The molecule has 0 amide bonds. The Labute approximate surface area is 166 Å². The van der Waals surface area contributed by atoms with Crippen LogP contribution in [0.25, 0.3) is 11.2 Å². The summed E-state index contributed by atoms with van der Waals surface area (Å²) in [6.07, 6.45) is 4.87. The minimum Gasteiger partial charge on any atom is -0.352 e. The van der Waals surface area contributed by atoms with Crippen LogP contribution >= 0.6 is 22.6 Å². The lowest BCUT2D eigenvalue weighted by Gasteiger charge is -2.09. The number of hydrogen-bond acceptors (Lipinski definition) is 4. The molecule has 1 aromatic carbocycles. The molecule has 0 aliphatic heterocycles. The van der Waals surface area contributed by atoms with E-state index in [1.165, 1.54) is 16.7 Å². The summed E-state index contributed by atoms with van der Waals surface area (Å²) in [5, 5.41) is 3.21. The smallest absolute Gasteiger partial charge is 0.278 e. The molecular weight excluding hydrogens is 441 g/mol. The van der Waals surface area contributed by atoms with Crippen molar-refractivity contribution in [2.24, 2.45) is 0 Å². The highest BCUT2D eigenvalue weighted by molar-refractivity contribution is 14.1. The largest absolute Gasteiger partial charge is 0.352 e. The number of benzene rings is 1. The minimum atomic E-state index is -0.150. The van der Waals surface area contributed by atoms with Gasteiger partial charge in [-0.3, -0.25) is 9.78 Å². The van der Waals surface area contributed by atoms with Crippen LogP contribution in [0.2, 0.25) is 0 Å². The molecule has 3 aromatic rings. The van der Waals surface area contributed by atoms with E-state index in [2.05, 4.69) is 74.9 Å². The lowest BCUT2D eigenvalue weighted by Crippen LogP contribution is -2.16. The van der Waals surface area contributed by atoms with Gasteiger partial charge in [-0.15, -0.1) is 0 Å². The van der Waals surface area contributed by atoms with E-state index < -0.39 is 0 Å². The van der Waals surface area contributed by atoms with Crippen molar-refractivity contribution in [3.63, 3.8) is 0 Å². The van der Waals surface area contributed by atoms with Gasteiger partial charge in [0, 0.05) is 13.1 Å². The Morgan fingerprint density at radius 2 is 2.15 bits per heavy atom. The Balaban J connectivity index is 1.76. The molecule has 2 N–H and O–H groups in total. The summed E-state index contributed by atoms with van der Waals surface area (Å²) < 4.78 is 3.01. The third kappa shape index (κ3) is 4.25. The molecule has 6 nitrogen and oxygen atoms in total. The van der Waals surface area contributed by atoms with Gasteiger partial charge in [-0.1, -0.05) is 47.7 Å². The number of fused-ring (bicyclic) bond motifs is 1. The standard InChI is InChI=1S/C19H24IN5O/c1-3-15-10-14(7-6-13(15)2)11-21-19-23-17-16(18(26)24-19)25(12-22-17)9-5-4-8-20/h6-7,10,12H,3-5,8-9,11H2,1-2H3,(H2,21,23,24,26). The fraction of sp³-hybridized carbons (Fsp3) is 0.421. The van der Waals surface area contributed by atoms with Crippen LogP contribution in [0, 0.1) is 6.92 Å². The van der Waals surface area contributed by atoms with Crippen molar-refractivity contribution in [1.29, 1.82) is 0 Å². The van der Waals surface area contributed by atoms with Gasteiger partial charge in [-0.25, -0.2) is 4.98 Å². The molecule has 0 saturated carbocycles. The zero-order valence-electron chi connectivity index (χ0n) is 15.2. The number of nitrogens with zero attached hydrogens (tertiary/aromatic N) is 3. The van der Waals surface area contributed by atoms with E-state index in [0.29, 0.717) is 23.7 Å². The number of aromatic amines is 1. The summed E-state index contributed by atoms with van der Waals surface area (Å²) in [6.45, 7) is 5.68. The van der Waals surface area contributed by atoms with Crippen molar-refractivity contribution in [2.45, 2.75) is 46.2 Å². The monoisotopic (exact) mass is 465 g/mol. The van der Waals surface area contributed by atoms with Gasteiger partial charge in [-0.05, 0) is 47.3 Å². The maximum absolute atomic E-state index is 12.5. The van der Waals surface area contributed by atoms with E-state index in [-0.39, 0.29) is 5.56 Å². The van der Waals surface area contributed by atoms with Crippen LogP contribution in [-0.2, 0) is 19.5 Å². The number of alkyl halides is 1. The van der Waals surface area contributed by atoms with Crippen LogP contribution in [0.5, 0.6) is 0 Å². The van der Waals surface area contributed by atoms with Crippen molar-refractivity contribution >= 4 is 39.7 Å². The molecule has 0 aliphatic carbocycles. The molecule has 0 atom stereocenters. The molecule has 26 heavy (non-hydrogen) atoms. The highest BCUT2D eigenvalue weighted by atomic mass is 127. The van der Waals surface area contributed by atoms with Gasteiger partial charge in [0.25, 0.3) is 5.56 Å². The first-order chi connectivity index (χ1) is 12.6. The summed E-state index contributed by atoms with van der Waals surface area (Å²) in [6, 6.07) is 6.42. The zero-order valence-corrected chi connectivity index (χ0v) is 17.3. The van der Waals surface area contributed by atoms with Crippen LogP contribution in [-0.4, -0.2) is 23.9 Å². The van der Waals surface area contributed by atoms with E-state index in [4.69, 9.17) is 0 Å². The normalized spacial score (nSPS) is 11.2. The van der Waals surface area contributed by atoms with Crippen molar-refractivity contribution < 1.29 is 0 Å². The van der Waals surface area contributed by atoms with Gasteiger partial charge < -0.3 is 9.88 Å². The minimum absolute atomic E-state index is 0.150. The predicted molar refractivity (Wildman–Crippen MR) is 114 cm³/mol. The fourth-order valence-corrected chi connectivity index (χ4v) is 3.56. The molecule has 0 saturated heterocycles. The lowest BCUT2D eigenvalue weighted by atomic mass is 10.0. The van der Waals surface area contributed by atoms with Crippen LogP contribution in [0.4, 0.5) is 5.95 Å². The summed E-state index contributed by atoms with van der Waals surface area (Å²) in [5.41, 5.74) is 4.70. The third-order valence-electron chi connectivity index (χ3n) is 4.52. The molecule has 0 radical (unpaired) electrons. The van der Waals surface area contributed by atoms with Crippen LogP contribution < -0.4 is 10.9 Å². The highest BCUT2D eigenvalue weighted by Crippen LogP contribution is 2.14. The number of imidazole rings is 1. The number of rotatable bonds is 8. The average molecular weight is 465 g/mol. The Bertz CT molecular complexity index is 947. The van der Waals surface area contributed by atoms with Crippen molar-refractivity contribution in [2.75, 3.05) is 9.74 Å². The summed E-state index contributed by atoms with van der Waals surface area (Å²) in [4.78, 5) is 24.1. The summed E-state index contributed by atoms with van der Waals surface area (Å²) in [5.74, 6) is 0.457. The van der Waals surface area contributed by atoms with Crippen molar-refractivity contribution in [3.8, 4) is 0 Å². The predicted octanol–water partition coefficient (Wildman–Crippen LogP) is 3.82. The van der Waals surface area contributed by atoms with Gasteiger partial charge in [0.1, 0.15) is 0 Å². The molecule has 0 aliphatic rings. The van der Waals surface area contributed by atoms with Gasteiger partial charge in [-0.2, -0.15) is 4.98 Å². The van der Waals surface area contributed by atoms with Crippen LogP contribution in [0.15, 0.2) is 29.3 Å². The first-order valence-electron chi connectivity index (χ1n) is 8.95. The maximum atomic E-state index is 12.5. The Kier molecular flexibility index (Phi) is 6.29. The Morgan fingerprint density at radius 3 is 2.92 bits per heavy atom. The molecule has 3 rings (SSSR count). The number of nitrogens with one attached hydrogen (secondary N) is 2. The SMILES string of the molecule is CCc1cc(CNc2nc3ncn(CCCCI)c3c(=O)[nH]2)ccc1C. The van der Waals surface area contributed by atoms with Gasteiger partial charge in [0.2, 0.25) is 5.95 Å². The van der Waals surface area contributed by atoms with Gasteiger partial charge in [0.15, 0.2) is 11.2 Å². The summed E-state index contributed by atoms with van der Waals surface area (Å²) >= 11 is 2.36. The van der Waals surface area contributed by atoms with E-state index in [9.17, 15) is 4.79 Å². The molecule has 2 aromatic heterocycles. The average Bonchev–Trinajstić information content (AvgIpc) is 3.05. The van der Waals surface area contributed by atoms with E-state index in [1.807, 2.05) is 4.57 Å². The quantitative estimate of drug-likeness (QED) is 0.301. The molecule has 0 fully saturated rings. The van der Waals surface area contributed by atoms with Crippen LogP contribution in [0.1, 0.15) is 36.5 Å². The first-order valence-corrected chi connectivity index (χ1v) is 10.5. The summed E-state index contributed by atoms with van der Waals surface area (Å²) in [7, 11) is 0. The van der Waals surface area contributed by atoms with Gasteiger partial charge in [0.05, 0.1) is 6.33 Å². The second kappa shape index (κ2) is 8.66. The molecule has 0 bridgehead atoms. The number of anilines is 1. The number of unbranched alkanes of at least 4 members (excludes halogenated alkanes) is 1. The lowest BCUT2D eigenvalue weighted by molar-refractivity contribution is 0.650. The second-order valence-corrected chi connectivity index (χ2v) is 7.47. The first kappa shape index (κ1) is 18.9. The molecule has 0 unspecified atom stereocenters. The zero-order chi connectivity index (χ0) is 18.5. The topological polar surface area (TPSA) is 75.6 Å². The fourth-order valence-electron chi connectivity index (χ4n) is 3.02.